The van der Waals surface area contributed by atoms with Crippen molar-refractivity contribution < 1.29 is 13.6 Å². The van der Waals surface area contributed by atoms with Crippen molar-refractivity contribution in [3.05, 3.63) is 70.8 Å². The predicted molar refractivity (Wildman–Crippen MR) is 77.2 cm³/mol. The summed E-state index contributed by atoms with van der Waals surface area (Å²) >= 11 is 0. The largest absolute Gasteiger partial charge is 0.271 e. The standard InChI is InChI=1S/C16H14F2N2O/c1-10-3-5-12(6-4-10)16(21)20-19-11(2)14-9-13(17)7-8-15(14)18/h3-9H,1-2H3,(H,20,21)/b19-11-. The SMILES string of the molecule is C/C(=N/NC(=O)c1ccc(C)cc1)c1cc(F)ccc1F. The lowest BCUT2D eigenvalue weighted by Crippen LogP contribution is -2.19. The third kappa shape index (κ3) is 3.72. The number of nitrogens with zero attached hydrogens (tertiary/aromatic N) is 1. The maximum atomic E-state index is 13.6. The van der Waals surface area contributed by atoms with E-state index in [9.17, 15) is 13.6 Å². The molecule has 0 aromatic heterocycles. The Hall–Kier alpha value is -2.56. The Labute approximate surface area is 121 Å². The third-order valence-electron chi connectivity index (χ3n) is 2.96. The van der Waals surface area contributed by atoms with Gasteiger partial charge < -0.3 is 0 Å². The van der Waals surface area contributed by atoms with E-state index in [1.165, 1.54) is 6.92 Å². The number of hydrogen-bond acceptors (Lipinski definition) is 2. The van der Waals surface area contributed by atoms with Crippen LogP contribution in [-0.4, -0.2) is 11.6 Å². The molecule has 1 N–H and O–H groups in total. The van der Waals surface area contributed by atoms with E-state index in [1.807, 2.05) is 6.92 Å². The number of rotatable bonds is 3. The lowest BCUT2D eigenvalue weighted by Gasteiger charge is -2.05. The summed E-state index contributed by atoms with van der Waals surface area (Å²) in [6.07, 6.45) is 0. The summed E-state index contributed by atoms with van der Waals surface area (Å²) in [5.74, 6) is -1.57. The summed E-state index contributed by atoms with van der Waals surface area (Å²) in [6, 6.07) is 10.0. The quantitative estimate of drug-likeness (QED) is 0.682. The maximum Gasteiger partial charge on any atom is 0.271 e. The molecule has 0 fully saturated rings. The molecule has 2 rings (SSSR count). The van der Waals surface area contributed by atoms with Crippen LogP contribution in [0, 0.1) is 18.6 Å². The molecule has 3 nitrogen and oxygen atoms in total. The first kappa shape index (κ1) is 14.8. The van der Waals surface area contributed by atoms with Crippen molar-refractivity contribution >= 4 is 11.6 Å². The fourth-order valence-electron chi connectivity index (χ4n) is 1.74. The lowest BCUT2D eigenvalue weighted by molar-refractivity contribution is 0.0955. The second-order valence-corrected chi connectivity index (χ2v) is 4.63. The zero-order valence-corrected chi connectivity index (χ0v) is 11.7. The van der Waals surface area contributed by atoms with Crippen molar-refractivity contribution in [3.63, 3.8) is 0 Å². The lowest BCUT2D eigenvalue weighted by atomic mass is 10.1. The van der Waals surface area contributed by atoms with Crippen LogP contribution >= 0.6 is 0 Å². The molecule has 0 aliphatic rings. The predicted octanol–water partition coefficient (Wildman–Crippen LogP) is 3.43. The van der Waals surface area contributed by atoms with Gasteiger partial charge in [0.1, 0.15) is 11.6 Å². The van der Waals surface area contributed by atoms with E-state index in [4.69, 9.17) is 0 Å². The molecule has 0 unspecified atom stereocenters. The first-order chi connectivity index (χ1) is 9.97. The molecule has 0 saturated heterocycles. The van der Waals surface area contributed by atoms with Gasteiger partial charge in [-0.1, -0.05) is 17.7 Å². The molecule has 0 aliphatic heterocycles. The zero-order chi connectivity index (χ0) is 15.4. The van der Waals surface area contributed by atoms with Crippen molar-refractivity contribution in [2.75, 3.05) is 0 Å². The third-order valence-corrected chi connectivity index (χ3v) is 2.96. The number of amides is 1. The van der Waals surface area contributed by atoms with Crippen molar-refractivity contribution in [2.24, 2.45) is 5.10 Å². The second-order valence-electron chi connectivity index (χ2n) is 4.63. The van der Waals surface area contributed by atoms with Gasteiger partial charge in [-0.3, -0.25) is 4.79 Å². The molecule has 0 bridgehead atoms. The minimum Gasteiger partial charge on any atom is -0.267 e. The Morgan fingerprint density at radius 3 is 2.43 bits per heavy atom. The summed E-state index contributed by atoms with van der Waals surface area (Å²) in [7, 11) is 0. The van der Waals surface area contributed by atoms with Gasteiger partial charge in [-0.15, -0.1) is 0 Å². The van der Waals surface area contributed by atoms with E-state index >= 15 is 0 Å². The molecule has 0 saturated carbocycles. The number of carbonyl (C=O) groups is 1. The topological polar surface area (TPSA) is 41.5 Å². The van der Waals surface area contributed by atoms with Crippen LogP contribution in [0.5, 0.6) is 0 Å². The zero-order valence-electron chi connectivity index (χ0n) is 11.7. The molecule has 0 heterocycles. The molecular formula is C16H14F2N2O. The van der Waals surface area contributed by atoms with Gasteiger partial charge in [0.15, 0.2) is 0 Å². The molecule has 5 heteroatoms. The number of nitrogens with one attached hydrogen (secondary N) is 1. The normalized spacial score (nSPS) is 11.3. The van der Waals surface area contributed by atoms with Gasteiger partial charge in [-0.05, 0) is 44.2 Å². The van der Waals surface area contributed by atoms with E-state index < -0.39 is 17.5 Å². The molecule has 2 aromatic carbocycles. The van der Waals surface area contributed by atoms with Crippen LogP contribution in [0.1, 0.15) is 28.4 Å². The highest BCUT2D eigenvalue weighted by Crippen LogP contribution is 2.10. The summed E-state index contributed by atoms with van der Waals surface area (Å²) < 4.78 is 26.7. The molecule has 0 radical (unpaired) electrons. The molecule has 1 amide bonds. The highest BCUT2D eigenvalue weighted by molar-refractivity contribution is 6.01. The van der Waals surface area contributed by atoms with E-state index in [0.29, 0.717) is 5.56 Å². The number of hydrogen-bond donors (Lipinski definition) is 1. The summed E-state index contributed by atoms with van der Waals surface area (Å²) in [6.45, 7) is 3.41. The number of carbonyl (C=O) groups excluding carboxylic acids is 1. The summed E-state index contributed by atoms with van der Waals surface area (Å²) in [5, 5.41) is 3.81. The van der Waals surface area contributed by atoms with Crippen molar-refractivity contribution in [3.8, 4) is 0 Å². The number of hydrazone groups is 1. The molecule has 0 spiro atoms. The van der Waals surface area contributed by atoms with Crippen LogP contribution < -0.4 is 5.43 Å². The van der Waals surface area contributed by atoms with E-state index in [-0.39, 0.29) is 11.3 Å². The van der Waals surface area contributed by atoms with Crippen LogP contribution in [-0.2, 0) is 0 Å². The number of halogens is 2. The van der Waals surface area contributed by atoms with Gasteiger partial charge in [0, 0.05) is 11.1 Å². The van der Waals surface area contributed by atoms with Gasteiger partial charge in [0.25, 0.3) is 5.91 Å². The van der Waals surface area contributed by atoms with Crippen molar-refractivity contribution in [2.45, 2.75) is 13.8 Å². The Morgan fingerprint density at radius 1 is 1.10 bits per heavy atom. The van der Waals surface area contributed by atoms with Crippen molar-refractivity contribution in [1.82, 2.24) is 5.43 Å². The maximum absolute atomic E-state index is 13.6. The van der Waals surface area contributed by atoms with Gasteiger partial charge in [0.05, 0.1) is 5.71 Å². The van der Waals surface area contributed by atoms with Gasteiger partial charge in [-0.2, -0.15) is 5.10 Å². The number of aryl methyl sites for hydroxylation is 1. The minimum absolute atomic E-state index is 0.0132. The molecule has 0 atom stereocenters. The van der Waals surface area contributed by atoms with Crippen LogP contribution in [0.4, 0.5) is 8.78 Å². The highest BCUT2D eigenvalue weighted by Gasteiger charge is 2.08. The average Bonchev–Trinajstić information content (AvgIpc) is 2.47. The Balaban J connectivity index is 2.14. The van der Waals surface area contributed by atoms with Crippen LogP contribution in [0.3, 0.4) is 0 Å². The second kappa shape index (κ2) is 6.26. The fourth-order valence-corrected chi connectivity index (χ4v) is 1.74. The molecule has 2 aromatic rings. The summed E-state index contributed by atoms with van der Waals surface area (Å²) in [5.41, 5.74) is 4.00. The smallest absolute Gasteiger partial charge is 0.267 e. The van der Waals surface area contributed by atoms with Gasteiger partial charge in [0.2, 0.25) is 0 Å². The number of benzene rings is 2. The van der Waals surface area contributed by atoms with Gasteiger partial charge in [-0.25, -0.2) is 14.2 Å². The monoisotopic (exact) mass is 288 g/mol. The van der Waals surface area contributed by atoms with E-state index in [2.05, 4.69) is 10.5 Å². The minimum atomic E-state index is -0.595. The molecule has 108 valence electrons. The first-order valence-corrected chi connectivity index (χ1v) is 6.34. The fraction of sp³-hybridized carbons (Fsp3) is 0.125. The first-order valence-electron chi connectivity index (χ1n) is 6.34. The van der Waals surface area contributed by atoms with Crippen LogP contribution in [0.25, 0.3) is 0 Å². The Morgan fingerprint density at radius 2 is 1.76 bits per heavy atom. The average molecular weight is 288 g/mol. The van der Waals surface area contributed by atoms with E-state index in [0.717, 1.165) is 23.8 Å². The van der Waals surface area contributed by atoms with Crippen LogP contribution in [0.2, 0.25) is 0 Å². The Kier molecular flexibility index (Phi) is 4.42. The van der Waals surface area contributed by atoms with E-state index in [1.54, 1.807) is 24.3 Å². The van der Waals surface area contributed by atoms with Crippen LogP contribution in [0.15, 0.2) is 47.6 Å². The highest BCUT2D eigenvalue weighted by atomic mass is 19.1. The molecular weight excluding hydrogens is 274 g/mol. The van der Waals surface area contributed by atoms with Gasteiger partial charge >= 0.3 is 0 Å². The Bertz CT molecular complexity index is 694. The molecule has 21 heavy (non-hydrogen) atoms. The molecule has 0 aliphatic carbocycles. The van der Waals surface area contributed by atoms with Crippen molar-refractivity contribution in [1.29, 1.82) is 0 Å². The summed E-state index contributed by atoms with van der Waals surface area (Å²) in [4.78, 5) is 11.9.